The predicted octanol–water partition coefficient (Wildman–Crippen LogP) is 7.96. The SMILES string of the molecule is CCN(C(=O)CCn1c2cc(-c3ccccc3)ccc2nc1[C@H]1CC[C@H](CC)CC1)C1CCCCC1. The van der Waals surface area contributed by atoms with E-state index in [0.717, 1.165) is 24.5 Å². The van der Waals surface area contributed by atoms with Crippen LogP contribution in [0.4, 0.5) is 0 Å². The smallest absolute Gasteiger partial charge is 0.224 e. The van der Waals surface area contributed by atoms with Crippen LogP contribution in [0.1, 0.15) is 96.2 Å². The third-order valence-electron chi connectivity index (χ3n) is 8.90. The Kier molecular flexibility index (Phi) is 8.09. The first-order valence-electron chi connectivity index (χ1n) is 14.5. The molecule has 36 heavy (non-hydrogen) atoms. The van der Waals surface area contributed by atoms with Gasteiger partial charge in [-0.1, -0.05) is 69.0 Å². The van der Waals surface area contributed by atoms with E-state index in [9.17, 15) is 4.79 Å². The summed E-state index contributed by atoms with van der Waals surface area (Å²) in [6, 6.07) is 17.7. The minimum Gasteiger partial charge on any atom is -0.340 e. The first-order chi connectivity index (χ1) is 17.7. The van der Waals surface area contributed by atoms with Gasteiger partial charge < -0.3 is 9.47 Å². The number of aromatic nitrogens is 2. The van der Waals surface area contributed by atoms with Crippen molar-refractivity contribution in [3.8, 4) is 11.1 Å². The van der Waals surface area contributed by atoms with E-state index in [2.05, 4.69) is 71.8 Å². The minimum atomic E-state index is 0.311. The van der Waals surface area contributed by atoms with Crippen LogP contribution in [-0.2, 0) is 11.3 Å². The average molecular weight is 486 g/mol. The fourth-order valence-corrected chi connectivity index (χ4v) is 6.71. The van der Waals surface area contributed by atoms with Crippen molar-refractivity contribution in [2.75, 3.05) is 6.54 Å². The second-order valence-electron chi connectivity index (χ2n) is 11.0. The summed E-state index contributed by atoms with van der Waals surface area (Å²) in [5.74, 6) is 2.87. The van der Waals surface area contributed by atoms with Gasteiger partial charge in [-0.05, 0) is 74.6 Å². The van der Waals surface area contributed by atoms with E-state index < -0.39 is 0 Å². The zero-order chi connectivity index (χ0) is 24.9. The van der Waals surface area contributed by atoms with E-state index in [1.807, 2.05) is 0 Å². The number of hydrogen-bond acceptors (Lipinski definition) is 2. The molecule has 0 unspecified atom stereocenters. The predicted molar refractivity (Wildman–Crippen MR) is 149 cm³/mol. The van der Waals surface area contributed by atoms with Crippen LogP contribution in [0.2, 0.25) is 0 Å². The van der Waals surface area contributed by atoms with E-state index >= 15 is 0 Å². The number of amides is 1. The zero-order valence-electron chi connectivity index (χ0n) is 22.3. The number of imidazole rings is 1. The summed E-state index contributed by atoms with van der Waals surface area (Å²) in [6.07, 6.45) is 13.0. The van der Waals surface area contributed by atoms with Gasteiger partial charge in [-0.3, -0.25) is 4.79 Å². The van der Waals surface area contributed by atoms with Gasteiger partial charge in [0.1, 0.15) is 5.82 Å². The van der Waals surface area contributed by atoms with E-state index in [0.29, 0.717) is 24.3 Å². The second kappa shape index (κ2) is 11.6. The lowest BCUT2D eigenvalue weighted by molar-refractivity contribution is -0.134. The number of fused-ring (bicyclic) bond motifs is 1. The number of nitrogens with zero attached hydrogens (tertiary/aromatic N) is 3. The minimum absolute atomic E-state index is 0.311. The van der Waals surface area contributed by atoms with Gasteiger partial charge in [-0.15, -0.1) is 0 Å². The highest BCUT2D eigenvalue weighted by Crippen LogP contribution is 2.38. The molecule has 0 spiro atoms. The molecule has 2 fully saturated rings. The molecule has 3 aromatic rings. The van der Waals surface area contributed by atoms with E-state index in [4.69, 9.17) is 4.98 Å². The van der Waals surface area contributed by atoms with Gasteiger partial charge in [-0.2, -0.15) is 0 Å². The largest absolute Gasteiger partial charge is 0.340 e. The highest BCUT2D eigenvalue weighted by atomic mass is 16.2. The maximum atomic E-state index is 13.5. The number of hydrogen-bond donors (Lipinski definition) is 0. The summed E-state index contributed by atoms with van der Waals surface area (Å²) in [5, 5.41) is 0. The fraction of sp³-hybridized carbons (Fsp3) is 0.562. The number of carbonyl (C=O) groups is 1. The maximum absolute atomic E-state index is 13.5. The molecule has 0 aliphatic heterocycles. The van der Waals surface area contributed by atoms with E-state index in [-0.39, 0.29) is 0 Å². The second-order valence-corrected chi connectivity index (χ2v) is 11.0. The van der Waals surface area contributed by atoms with Crippen molar-refractivity contribution >= 4 is 16.9 Å². The van der Waals surface area contributed by atoms with Gasteiger partial charge in [0.25, 0.3) is 0 Å². The Morgan fingerprint density at radius 2 is 1.67 bits per heavy atom. The van der Waals surface area contributed by atoms with Gasteiger partial charge in [0.05, 0.1) is 11.0 Å². The molecule has 2 aliphatic carbocycles. The highest BCUT2D eigenvalue weighted by Gasteiger charge is 2.28. The van der Waals surface area contributed by atoms with Crippen LogP contribution in [0.3, 0.4) is 0 Å². The van der Waals surface area contributed by atoms with Crippen LogP contribution < -0.4 is 0 Å². The van der Waals surface area contributed by atoms with E-state index in [1.165, 1.54) is 86.7 Å². The zero-order valence-corrected chi connectivity index (χ0v) is 22.3. The molecular formula is C32H43N3O. The summed E-state index contributed by atoms with van der Waals surface area (Å²) in [4.78, 5) is 20.8. The Hall–Kier alpha value is -2.62. The number of carbonyl (C=O) groups excluding carboxylic acids is 1. The lowest BCUT2D eigenvalue weighted by Gasteiger charge is -2.34. The molecule has 4 heteroatoms. The fourth-order valence-electron chi connectivity index (χ4n) is 6.71. The van der Waals surface area contributed by atoms with Crippen molar-refractivity contribution in [3.63, 3.8) is 0 Å². The van der Waals surface area contributed by atoms with Crippen molar-refractivity contribution in [1.29, 1.82) is 0 Å². The van der Waals surface area contributed by atoms with Crippen molar-refractivity contribution in [1.82, 2.24) is 14.5 Å². The lowest BCUT2D eigenvalue weighted by Crippen LogP contribution is -2.41. The molecule has 0 radical (unpaired) electrons. The topological polar surface area (TPSA) is 38.1 Å². The standard InChI is InChI=1S/C32H43N3O/c1-3-24-15-17-26(18-16-24)32-33-29-20-19-27(25-11-7-5-8-12-25)23-30(29)35(32)22-21-31(36)34(4-2)28-13-9-6-10-14-28/h5,7-8,11-12,19-20,23-24,26,28H,3-4,6,9-10,13-18,21-22H2,1-2H3/t24-,26-. The van der Waals surface area contributed by atoms with Crippen LogP contribution in [0.15, 0.2) is 48.5 Å². The summed E-state index contributed by atoms with van der Waals surface area (Å²) in [5.41, 5.74) is 4.68. The summed E-state index contributed by atoms with van der Waals surface area (Å²) >= 11 is 0. The Morgan fingerprint density at radius 1 is 0.917 bits per heavy atom. The third-order valence-corrected chi connectivity index (χ3v) is 8.90. The van der Waals surface area contributed by atoms with Gasteiger partial charge >= 0.3 is 0 Å². The molecule has 1 heterocycles. The molecule has 1 aromatic heterocycles. The van der Waals surface area contributed by atoms with Crippen LogP contribution in [0.5, 0.6) is 0 Å². The van der Waals surface area contributed by atoms with Crippen molar-refractivity contribution < 1.29 is 4.79 Å². The molecule has 4 nitrogen and oxygen atoms in total. The van der Waals surface area contributed by atoms with Crippen LogP contribution in [0.25, 0.3) is 22.2 Å². The van der Waals surface area contributed by atoms with Crippen molar-refractivity contribution in [2.24, 2.45) is 5.92 Å². The molecule has 0 saturated heterocycles. The molecule has 2 aliphatic rings. The quantitative estimate of drug-likeness (QED) is 0.324. The molecule has 5 rings (SSSR count). The highest BCUT2D eigenvalue weighted by molar-refractivity contribution is 5.83. The number of benzene rings is 2. The molecule has 192 valence electrons. The Balaban J connectivity index is 1.44. The molecule has 0 N–H and O–H groups in total. The molecule has 1 amide bonds. The Morgan fingerprint density at radius 3 is 2.36 bits per heavy atom. The summed E-state index contributed by atoms with van der Waals surface area (Å²) in [6.45, 7) is 6.01. The first kappa shape index (κ1) is 25.0. The Bertz CT molecular complexity index is 1140. The molecule has 2 aromatic carbocycles. The van der Waals surface area contributed by atoms with Crippen LogP contribution in [0, 0.1) is 5.92 Å². The maximum Gasteiger partial charge on any atom is 0.224 e. The lowest BCUT2D eigenvalue weighted by atomic mass is 9.80. The van der Waals surface area contributed by atoms with Gasteiger partial charge in [-0.25, -0.2) is 4.98 Å². The monoisotopic (exact) mass is 485 g/mol. The van der Waals surface area contributed by atoms with Gasteiger partial charge in [0.15, 0.2) is 0 Å². The Labute approximate surface area is 217 Å². The van der Waals surface area contributed by atoms with Crippen molar-refractivity contribution in [2.45, 2.75) is 103 Å². The average Bonchev–Trinajstić information content (AvgIpc) is 3.31. The molecule has 0 bridgehead atoms. The number of rotatable bonds is 8. The van der Waals surface area contributed by atoms with E-state index in [1.54, 1.807) is 0 Å². The molecular weight excluding hydrogens is 442 g/mol. The normalized spacial score (nSPS) is 21.1. The molecule has 0 atom stereocenters. The number of aryl methyl sites for hydroxylation is 1. The summed E-state index contributed by atoms with van der Waals surface area (Å²) in [7, 11) is 0. The van der Waals surface area contributed by atoms with Crippen LogP contribution in [-0.4, -0.2) is 32.9 Å². The van der Waals surface area contributed by atoms with Gasteiger partial charge in [0, 0.05) is 31.5 Å². The van der Waals surface area contributed by atoms with Gasteiger partial charge in [0.2, 0.25) is 5.91 Å². The first-order valence-corrected chi connectivity index (χ1v) is 14.5. The van der Waals surface area contributed by atoms with Crippen LogP contribution >= 0.6 is 0 Å². The van der Waals surface area contributed by atoms with Crippen molar-refractivity contribution in [3.05, 3.63) is 54.4 Å². The summed E-state index contributed by atoms with van der Waals surface area (Å²) < 4.78 is 2.41. The molecule has 2 saturated carbocycles. The third kappa shape index (κ3) is 5.38.